The number of halogens is 2. The monoisotopic (exact) mass is 230 g/mol. The second-order valence-corrected chi connectivity index (χ2v) is 4.00. The summed E-state index contributed by atoms with van der Waals surface area (Å²) in [4.78, 5) is 0. The van der Waals surface area contributed by atoms with Crippen molar-refractivity contribution in [1.82, 2.24) is 0 Å². The molecule has 0 fully saturated rings. The molecule has 16 heavy (non-hydrogen) atoms. The van der Waals surface area contributed by atoms with Crippen LogP contribution in [0.5, 0.6) is 5.75 Å². The maximum atomic E-state index is 13.2. The molecule has 1 atom stereocenters. The van der Waals surface area contributed by atoms with Gasteiger partial charge in [0.05, 0.1) is 12.7 Å². The summed E-state index contributed by atoms with van der Waals surface area (Å²) in [6.45, 7) is 3.48. The first-order chi connectivity index (χ1) is 7.42. The normalized spacial score (nSPS) is 14.6. The largest absolute Gasteiger partial charge is 0.494 e. The van der Waals surface area contributed by atoms with E-state index in [9.17, 15) is 13.9 Å². The number of hydrogen-bond donors (Lipinski definition) is 1. The van der Waals surface area contributed by atoms with Crippen molar-refractivity contribution in [2.75, 3.05) is 7.11 Å². The molecule has 1 aromatic rings. The SMILES string of the molecule is CCC[C@](C)(O)c1cc(F)c(F)c(OC)c1. The first kappa shape index (κ1) is 12.9. The van der Waals surface area contributed by atoms with Crippen LogP contribution in [0.4, 0.5) is 8.78 Å². The average molecular weight is 230 g/mol. The molecule has 0 heterocycles. The topological polar surface area (TPSA) is 29.5 Å². The van der Waals surface area contributed by atoms with E-state index in [4.69, 9.17) is 4.74 Å². The second kappa shape index (κ2) is 4.78. The average Bonchev–Trinajstić information content (AvgIpc) is 2.21. The molecule has 2 nitrogen and oxygen atoms in total. The van der Waals surface area contributed by atoms with Crippen LogP contribution in [-0.4, -0.2) is 12.2 Å². The highest BCUT2D eigenvalue weighted by atomic mass is 19.2. The van der Waals surface area contributed by atoms with Crippen molar-refractivity contribution in [3.05, 3.63) is 29.3 Å². The van der Waals surface area contributed by atoms with Crippen LogP contribution in [0.15, 0.2) is 12.1 Å². The smallest absolute Gasteiger partial charge is 0.200 e. The van der Waals surface area contributed by atoms with Gasteiger partial charge in [0.2, 0.25) is 5.82 Å². The highest BCUT2D eigenvalue weighted by molar-refractivity contribution is 5.34. The van der Waals surface area contributed by atoms with Crippen molar-refractivity contribution in [1.29, 1.82) is 0 Å². The predicted octanol–water partition coefficient (Wildman–Crippen LogP) is 2.98. The summed E-state index contributed by atoms with van der Waals surface area (Å²) in [5.41, 5.74) is -0.846. The van der Waals surface area contributed by atoms with Crippen LogP contribution in [0.25, 0.3) is 0 Å². The molecule has 0 aromatic heterocycles. The Morgan fingerprint density at radius 2 is 2.00 bits per heavy atom. The van der Waals surface area contributed by atoms with E-state index in [0.717, 1.165) is 12.5 Å². The van der Waals surface area contributed by atoms with E-state index in [-0.39, 0.29) is 5.75 Å². The Morgan fingerprint density at radius 1 is 1.38 bits per heavy atom. The van der Waals surface area contributed by atoms with Crippen LogP contribution < -0.4 is 4.74 Å². The van der Waals surface area contributed by atoms with Crippen LogP contribution in [0.1, 0.15) is 32.3 Å². The molecule has 90 valence electrons. The fourth-order valence-corrected chi connectivity index (χ4v) is 1.65. The van der Waals surface area contributed by atoms with Crippen LogP contribution in [0.3, 0.4) is 0 Å². The third kappa shape index (κ3) is 2.50. The molecule has 0 aliphatic heterocycles. The van der Waals surface area contributed by atoms with Gasteiger partial charge in [0.1, 0.15) is 0 Å². The van der Waals surface area contributed by atoms with Gasteiger partial charge in [-0.25, -0.2) is 4.39 Å². The number of rotatable bonds is 4. The van der Waals surface area contributed by atoms with E-state index in [1.165, 1.54) is 13.2 Å². The molecule has 0 saturated carbocycles. The van der Waals surface area contributed by atoms with Crippen molar-refractivity contribution in [3.63, 3.8) is 0 Å². The van der Waals surface area contributed by atoms with E-state index < -0.39 is 17.2 Å². The van der Waals surface area contributed by atoms with E-state index >= 15 is 0 Å². The summed E-state index contributed by atoms with van der Waals surface area (Å²) < 4.78 is 31.1. The third-order valence-electron chi connectivity index (χ3n) is 2.57. The van der Waals surface area contributed by atoms with Gasteiger partial charge in [-0.1, -0.05) is 13.3 Å². The van der Waals surface area contributed by atoms with Gasteiger partial charge in [-0.15, -0.1) is 0 Å². The second-order valence-electron chi connectivity index (χ2n) is 4.00. The van der Waals surface area contributed by atoms with Gasteiger partial charge in [0.15, 0.2) is 11.6 Å². The first-order valence-corrected chi connectivity index (χ1v) is 5.18. The van der Waals surface area contributed by atoms with Gasteiger partial charge in [-0.2, -0.15) is 4.39 Å². The van der Waals surface area contributed by atoms with Gasteiger partial charge in [0.25, 0.3) is 0 Å². The van der Waals surface area contributed by atoms with Gasteiger partial charge in [-0.05, 0) is 31.0 Å². The Kier molecular flexibility index (Phi) is 3.86. The van der Waals surface area contributed by atoms with E-state index in [1.54, 1.807) is 6.92 Å². The number of aliphatic hydroxyl groups is 1. The van der Waals surface area contributed by atoms with Gasteiger partial charge < -0.3 is 9.84 Å². The summed E-state index contributed by atoms with van der Waals surface area (Å²) in [7, 11) is 1.26. The molecule has 0 bridgehead atoms. The lowest BCUT2D eigenvalue weighted by Crippen LogP contribution is -2.21. The van der Waals surface area contributed by atoms with Crippen LogP contribution in [0.2, 0.25) is 0 Å². The van der Waals surface area contributed by atoms with Crippen LogP contribution in [0, 0.1) is 11.6 Å². The van der Waals surface area contributed by atoms with Crippen molar-refractivity contribution < 1.29 is 18.6 Å². The van der Waals surface area contributed by atoms with Gasteiger partial charge in [0, 0.05) is 0 Å². The third-order valence-corrected chi connectivity index (χ3v) is 2.57. The molecule has 1 N–H and O–H groups in total. The number of benzene rings is 1. The van der Waals surface area contributed by atoms with Gasteiger partial charge in [-0.3, -0.25) is 0 Å². The molecule has 0 amide bonds. The Hall–Kier alpha value is -1.16. The summed E-state index contributed by atoms with van der Waals surface area (Å²) in [5, 5.41) is 10.1. The van der Waals surface area contributed by atoms with Crippen molar-refractivity contribution in [2.45, 2.75) is 32.3 Å². The van der Waals surface area contributed by atoms with Gasteiger partial charge >= 0.3 is 0 Å². The molecule has 0 radical (unpaired) electrons. The summed E-state index contributed by atoms with van der Waals surface area (Å²) in [6, 6.07) is 2.33. The fraction of sp³-hybridized carbons (Fsp3) is 0.500. The highest BCUT2D eigenvalue weighted by Gasteiger charge is 2.25. The van der Waals surface area contributed by atoms with E-state index in [1.807, 2.05) is 6.92 Å². The first-order valence-electron chi connectivity index (χ1n) is 5.18. The zero-order chi connectivity index (χ0) is 12.3. The predicted molar refractivity (Wildman–Crippen MR) is 57.4 cm³/mol. The van der Waals surface area contributed by atoms with Crippen LogP contribution in [-0.2, 0) is 5.60 Å². The minimum Gasteiger partial charge on any atom is -0.494 e. The molecule has 0 spiro atoms. The highest BCUT2D eigenvalue weighted by Crippen LogP contribution is 2.31. The number of ether oxygens (including phenoxy) is 1. The lowest BCUT2D eigenvalue weighted by molar-refractivity contribution is 0.0462. The standard InChI is InChI=1S/C12H16F2O2/c1-4-5-12(2,15)8-6-9(13)11(14)10(7-8)16-3/h6-7,15H,4-5H2,1-3H3/t12-/m0/s1. The molecule has 1 aromatic carbocycles. The molecule has 0 aliphatic carbocycles. The minimum atomic E-state index is -1.17. The summed E-state index contributed by atoms with van der Waals surface area (Å²) in [6.07, 6.45) is 1.22. The Balaban J connectivity index is 3.20. The lowest BCUT2D eigenvalue weighted by atomic mass is 9.91. The van der Waals surface area contributed by atoms with E-state index in [0.29, 0.717) is 12.0 Å². The van der Waals surface area contributed by atoms with Crippen LogP contribution >= 0.6 is 0 Å². The number of hydrogen-bond acceptors (Lipinski definition) is 2. The molecule has 1 rings (SSSR count). The lowest BCUT2D eigenvalue weighted by Gasteiger charge is -2.23. The molecule has 0 aliphatic rings. The minimum absolute atomic E-state index is 0.189. The summed E-state index contributed by atoms with van der Waals surface area (Å²) in [5.74, 6) is -2.23. The summed E-state index contributed by atoms with van der Waals surface area (Å²) >= 11 is 0. The maximum Gasteiger partial charge on any atom is 0.200 e. The molecular weight excluding hydrogens is 214 g/mol. The molecule has 0 saturated heterocycles. The molecule has 0 unspecified atom stereocenters. The molecule has 4 heteroatoms. The quantitative estimate of drug-likeness (QED) is 0.861. The van der Waals surface area contributed by atoms with E-state index in [2.05, 4.69) is 0 Å². The van der Waals surface area contributed by atoms with Crippen molar-refractivity contribution in [2.24, 2.45) is 0 Å². The Labute approximate surface area is 93.9 Å². The Bertz CT molecular complexity index is 376. The van der Waals surface area contributed by atoms with Crippen molar-refractivity contribution >= 4 is 0 Å². The van der Waals surface area contributed by atoms with Crippen molar-refractivity contribution in [3.8, 4) is 5.75 Å². The zero-order valence-electron chi connectivity index (χ0n) is 9.68. The zero-order valence-corrected chi connectivity index (χ0v) is 9.68. The Morgan fingerprint density at radius 3 is 2.50 bits per heavy atom. The number of methoxy groups -OCH3 is 1. The maximum absolute atomic E-state index is 13.2. The fourth-order valence-electron chi connectivity index (χ4n) is 1.65. The molecular formula is C12H16F2O2.